The summed E-state index contributed by atoms with van der Waals surface area (Å²) in [5.41, 5.74) is 1.57. The zero-order valence-electron chi connectivity index (χ0n) is 11.3. The molecule has 0 amide bonds. The molecule has 106 valence electrons. The normalized spacial score (nSPS) is 24.2. The van der Waals surface area contributed by atoms with E-state index in [1.807, 2.05) is 19.9 Å². The molecular weight excluding hydrogens is 264 g/mol. The number of aliphatic hydroxyl groups is 1. The Kier molecular flexibility index (Phi) is 4.10. The Labute approximate surface area is 114 Å². The smallest absolute Gasteiger partial charge is 0.154 e. The lowest BCUT2D eigenvalue weighted by atomic mass is 10.1. The number of anilines is 1. The van der Waals surface area contributed by atoms with Crippen molar-refractivity contribution in [3.63, 3.8) is 0 Å². The molecule has 5 nitrogen and oxygen atoms in total. The average molecular weight is 284 g/mol. The lowest BCUT2D eigenvalue weighted by Gasteiger charge is -2.34. The number of aromatic nitrogens is 1. The van der Waals surface area contributed by atoms with Gasteiger partial charge in [0.05, 0.1) is 35.2 Å². The van der Waals surface area contributed by atoms with Crippen LogP contribution in [0.1, 0.15) is 32.1 Å². The van der Waals surface area contributed by atoms with Crippen molar-refractivity contribution in [2.75, 3.05) is 23.0 Å². The van der Waals surface area contributed by atoms with Gasteiger partial charge in [0.25, 0.3) is 0 Å². The summed E-state index contributed by atoms with van der Waals surface area (Å²) in [5.74, 6) is 0.378. The summed E-state index contributed by atoms with van der Waals surface area (Å²) in [6.45, 7) is 4.31. The highest BCUT2D eigenvalue weighted by molar-refractivity contribution is 7.91. The van der Waals surface area contributed by atoms with Crippen molar-refractivity contribution in [3.05, 3.63) is 24.0 Å². The van der Waals surface area contributed by atoms with Crippen LogP contribution >= 0.6 is 0 Å². The third kappa shape index (κ3) is 3.25. The molecule has 2 heterocycles. The highest BCUT2D eigenvalue weighted by Gasteiger charge is 2.28. The summed E-state index contributed by atoms with van der Waals surface area (Å²) < 4.78 is 23.1. The van der Waals surface area contributed by atoms with Crippen LogP contribution in [0, 0.1) is 0 Å². The lowest BCUT2D eigenvalue weighted by molar-refractivity contribution is 0.169. The first-order valence-corrected chi connectivity index (χ1v) is 8.36. The van der Waals surface area contributed by atoms with Gasteiger partial charge >= 0.3 is 0 Å². The number of rotatable bonds is 3. The van der Waals surface area contributed by atoms with Gasteiger partial charge in [0.15, 0.2) is 9.84 Å². The maximum absolute atomic E-state index is 11.5. The molecule has 0 aliphatic carbocycles. The minimum absolute atomic E-state index is 0.0394. The molecule has 0 aromatic carbocycles. The van der Waals surface area contributed by atoms with Crippen molar-refractivity contribution in [1.82, 2.24) is 4.98 Å². The van der Waals surface area contributed by atoms with E-state index in [1.54, 1.807) is 12.3 Å². The van der Waals surface area contributed by atoms with Gasteiger partial charge < -0.3 is 10.0 Å². The highest BCUT2D eigenvalue weighted by Crippen LogP contribution is 2.22. The number of pyridine rings is 1. The minimum Gasteiger partial charge on any atom is -0.387 e. The van der Waals surface area contributed by atoms with Crippen LogP contribution in [-0.2, 0) is 9.84 Å². The van der Waals surface area contributed by atoms with E-state index >= 15 is 0 Å². The van der Waals surface area contributed by atoms with E-state index in [4.69, 9.17) is 0 Å². The summed E-state index contributed by atoms with van der Waals surface area (Å²) >= 11 is 0. The summed E-state index contributed by atoms with van der Waals surface area (Å²) in [7, 11) is -2.90. The zero-order valence-corrected chi connectivity index (χ0v) is 12.1. The maximum atomic E-state index is 11.5. The second kappa shape index (κ2) is 5.46. The zero-order chi connectivity index (χ0) is 14.0. The molecule has 1 N–H and O–H groups in total. The molecule has 1 aromatic rings. The fourth-order valence-electron chi connectivity index (χ4n) is 2.36. The quantitative estimate of drug-likeness (QED) is 0.901. The molecule has 2 rings (SSSR count). The van der Waals surface area contributed by atoms with Crippen molar-refractivity contribution in [3.8, 4) is 0 Å². The van der Waals surface area contributed by atoms with Gasteiger partial charge in [-0.05, 0) is 25.5 Å². The van der Waals surface area contributed by atoms with Crippen LogP contribution in [-0.4, -0.2) is 42.6 Å². The first-order valence-electron chi connectivity index (χ1n) is 6.54. The van der Waals surface area contributed by atoms with Crippen molar-refractivity contribution in [2.45, 2.75) is 32.4 Å². The van der Waals surface area contributed by atoms with Crippen LogP contribution in [0.15, 0.2) is 18.3 Å². The van der Waals surface area contributed by atoms with E-state index in [2.05, 4.69) is 9.88 Å². The predicted molar refractivity (Wildman–Crippen MR) is 74.9 cm³/mol. The van der Waals surface area contributed by atoms with Gasteiger partial charge in [-0.2, -0.15) is 0 Å². The Hall–Kier alpha value is -1.14. The Morgan fingerprint density at radius 3 is 2.79 bits per heavy atom. The molecule has 6 heteroatoms. The van der Waals surface area contributed by atoms with Crippen molar-refractivity contribution < 1.29 is 13.5 Å². The first kappa shape index (κ1) is 14.3. The summed E-state index contributed by atoms with van der Waals surface area (Å²) in [6, 6.07) is 3.66. The van der Waals surface area contributed by atoms with Crippen LogP contribution in [0.2, 0.25) is 0 Å². The monoisotopic (exact) mass is 284 g/mol. The fourth-order valence-corrected chi connectivity index (χ4v) is 3.91. The number of hydrogen-bond acceptors (Lipinski definition) is 5. The molecule has 0 radical (unpaired) electrons. The van der Waals surface area contributed by atoms with Gasteiger partial charge in [0.1, 0.15) is 0 Å². The number of aliphatic hydroxyl groups excluding tert-OH is 1. The number of hydrogen-bond donors (Lipinski definition) is 1. The van der Waals surface area contributed by atoms with Crippen LogP contribution in [0.25, 0.3) is 0 Å². The molecular formula is C13H20N2O3S. The highest BCUT2D eigenvalue weighted by atomic mass is 32.2. The van der Waals surface area contributed by atoms with E-state index in [9.17, 15) is 13.5 Å². The third-order valence-corrected chi connectivity index (χ3v) is 5.30. The SMILES string of the molecule is CC[C@@H](O)c1ccc(N2CCS(=O)(=O)CC2C)cn1. The Balaban J connectivity index is 2.15. The van der Waals surface area contributed by atoms with Crippen molar-refractivity contribution in [2.24, 2.45) is 0 Å². The van der Waals surface area contributed by atoms with Gasteiger partial charge in [0, 0.05) is 12.6 Å². The van der Waals surface area contributed by atoms with E-state index in [0.29, 0.717) is 18.7 Å². The van der Waals surface area contributed by atoms with Crippen LogP contribution in [0.5, 0.6) is 0 Å². The average Bonchev–Trinajstić information content (AvgIpc) is 2.37. The molecule has 2 atom stereocenters. The van der Waals surface area contributed by atoms with Gasteiger partial charge in [0.2, 0.25) is 0 Å². The number of nitrogens with zero attached hydrogens (tertiary/aromatic N) is 2. The summed E-state index contributed by atoms with van der Waals surface area (Å²) in [6.07, 6.45) is 1.81. The second-order valence-electron chi connectivity index (χ2n) is 5.02. The van der Waals surface area contributed by atoms with Gasteiger partial charge in [-0.25, -0.2) is 8.42 Å². The van der Waals surface area contributed by atoms with E-state index in [0.717, 1.165) is 5.69 Å². The molecule has 0 bridgehead atoms. The Morgan fingerprint density at radius 2 is 2.26 bits per heavy atom. The standard InChI is InChI=1S/C13H20N2O3S/c1-3-13(16)12-5-4-11(8-14-12)15-6-7-19(17,18)9-10(15)2/h4-5,8,10,13,16H,3,6-7,9H2,1-2H3/t10?,13-/m1/s1. The predicted octanol–water partition coefficient (Wildman–Crippen LogP) is 1.15. The maximum Gasteiger partial charge on any atom is 0.154 e. The molecule has 1 aromatic heterocycles. The van der Waals surface area contributed by atoms with Crippen LogP contribution < -0.4 is 4.90 Å². The van der Waals surface area contributed by atoms with E-state index in [-0.39, 0.29) is 17.5 Å². The molecule has 1 aliphatic rings. The van der Waals surface area contributed by atoms with Crippen molar-refractivity contribution in [1.29, 1.82) is 0 Å². The third-order valence-electron chi connectivity index (χ3n) is 3.50. The van der Waals surface area contributed by atoms with Crippen molar-refractivity contribution >= 4 is 15.5 Å². The minimum atomic E-state index is -2.90. The van der Waals surface area contributed by atoms with Crippen LogP contribution in [0.4, 0.5) is 5.69 Å². The Bertz CT molecular complexity index is 527. The van der Waals surface area contributed by atoms with Crippen LogP contribution in [0.3, 0.4) is 0 Å². The largest absolute Gasteiger partial charge is 0.387 e. The Morgan fingerprint density at radius 1 is 1.53 bits per heavy atom. The fraction of sp³-hybridized carbons (Fsp3) is 0.615. The molecule has 0 spiro atoms. The molecule has 1 unspecified atom stereocenters. The van der Waals surface area contributed by atoms with E-state index in [1.165, 1.54) is 0 Å². The molecule has 0 saturated carbocycles. The number of sulfone groups is 1. The molecule has 1 fully saturated rings. The summed E-state index contributed by atoms with van der Waals surface area (Å²) in [4.78, 5) is 6.31. The lowest BCUT2D eigenvalue weighted by Crippen LogP contribution is -2.47. The summed E-state index contributed by atoms with van der Waals surface area (Å²) in [5, 5.41) is 9.70. The molecule has 19 heavy (non-hydrogen) atoms. The van der Waals surface area contributed by atoms with Gasteiger partial charge in [-0.1, -0.05) is 6.92 Å². The topological polar surface area (TPSA) is 70.5 Å². The molecule has 1 saturated heterocycles. The van der Waals surface area contributed by atoms with Gasteiger partial charge in [-0.3, -0.25) is 4.98 Å². The molecule has 1 aliphatic heterocycles. The second-order valence-corrected chi connectivity index (χ2v) is 7.25. The van der Waals surface area contributed by atoms with Gasteiger partial charge in [-0.15, -0.1) is 0 Å². The first-order chi connectivity index (χ1) is 8.93. The van der Waals surface area contributed by atoms with E-state index < -0.39 is 15.9 Å².